The molecule has 105 valence electrons. The molecule has 1 aromatic carbocycles. The van der Waals surface area contributed by atoms with Crippen LogP contribution < -0.4 is 4.90 Å². The van der Waals surface area contributed by atoms with Gasteiger partial charge in [-0.15, -0.1) is 0 Å². The molecule has 0 aromatic heterocycles. The van der Waals surface area contributed by atoms with Crippen molar-refractivity contribution in [2.24, 2.45) is 0 Å². The van der Waals surface area contributed by atoms with Crippen LogP contribution in [0.25, 0.3) is 0 Å². The Morgan fingerprint density at radius 3 is 2.05 bits per heavy atom. The fourth-order valence-electron chi connectivity index (χ4n) is 2.24. The highest BCUT2D eigenvalue weighted by Crippen LogP contribution is 2.13. The van der Waals surface area contributed by atoms with E-state index in [2.05, 4.69) is 6.92 Å². The van der Waals surface area contributed by atoms with Crippen LogP contribution in [0.3, 0.4) is 0 Å². The Morgan fingerprint density at radius 2 is 1.47 bits per heavy atom. The summed E-state index contributed by atoms with van der Waals surface area (Å²) in [6.07, 6.45) is 12.3. The van der Waals surface area contributed by atoms with Gasteiger partial charge in [0.2, 0.25) is 0 Å². The Labute approximate surface area is 117 Å². The zero-order chi connectivity index (χ0) is 13.8. The Bertz CT molecular complexity index is 323. The van der Waals surface area contributed by atoms with E-state index in [1.54, 1.807) is 4.90 Å². The average molecular weight is 260 g/mol. The summed E-state index contributed by atoms with van der Waals surface area (Å²) in [6.45, 7) is 3.02. The van der Waals surface area contributed by atoms with Crippen LogP contribution >= 0.6 is 0 Å². The van der Waals surface area contributed by atoms with Crippen LogP contribution in [0.2, 0.25) is 0 Å². The van der Waals surface area contributed by atoms with E-state index in [-0.39, 0.29) is 0 Å². The second-order valence-corrected chi connectivity index (χ2v) is 5.05. The Kier molecular flexibility index (Phi) is 8.78. The lowest BCUT2D eigenvalue weighted by Gasteiger charge is -2.15. The van der Waals surface area contributed by atoms with E-state index in [0.29, 0.717) is 0 Å². The van der Waals surface area contributed by atoms with Gasteiger partial charge in [-0.1, -0.05) is 70.1 Å². The molecule has 2 heteroatoms. The Hall–Kier alpha value is -1.31. The van der Waals surface area contributed by atoms with Gasteiger partial charge in [-0.3, -0.25) is 4.79 Å². The molecule has 2 nitrogen and oxygen atoms in total. The number of benzene rings is 1. The molecular formula is C17H26NO. The maximum atomic E-state index is 10.9. The van der Waals surface area contributed by atoms with E-state index in [4.69, 9.17) is 0 Å². The molecule has 0 spiro atoms. The number of amides is 1. The maximum Gasteiger partial charge on any atom is 0.316 e. The van der Waals surface area contributed by atoms with Crippen LogP contribution in [-0.4, -0.2) is 13.0 Å². The molecule has 0 bridgehead atoms. The van der Waals surface area contributed by atoms with Crippen LogP contribution in [-0.2, 0) is 4.79 Å². The minimum Gasteiger partial charge on any atom is -0.304 e. The van der Waals surface area contributed by atoms with E-state index in [1.165, 1.54) is 44.9 Å². The number of unbranched alkanes of at least 4 members (excludes halogenated alkanes) is 7. The van der Waals surface area contributed by atoms with Gasteiger partial charge in [0.1, 0.15) is 0 Å². The maximum absolute atomic E-state index is 10.9. The van der Waals surface area contributed by atoms with Crippen molar-refractivity contribution in [3.8, 4) is 0 Å². The minimum atomic E-state index is 0.780. The minimum absolute atomic E-state index is 0.780. The van der Waals surface area contributed by atoms with Gasteiger partial charge in [0.15, 0.2) is 0 Å². The van der Waals surface area contributed by atoms with Crippen molar-refractivity contribution >= 4 is 12.1 Å². The molecular weight excluding hydrogens is 234 g/mol. The monoisotopic (exact) mass is 260 g/mol. The molecule has 1 aromatic rings. The Balaban J connectivity index is 2.09. The summed E-state index contributed by atoms with van der Waals surface area (Å²) in [4.78, 5) is 12.6. The van der Waals surface area contributed by atoms with E-state index in [0.717, 1.165) is 18.7 Å². The van der Waals surface area contributed by atoms with Gasteiger partial charge < -0.3 is 4.90 Å². The highest BCUT2D eigenvalue weighted by atomic mass is 16.1. The smallest absolute Gasteiger partial charge is 0.304 e. The van der Waals surface area contributed by atoms with Crippen LogP contribution in [0.15, 0.2) is 30.3 Å². The topological polar surface area (TPSA) is 20.3 Å². The van der Waals surface area contributed by atoms with E-state index >= 15 is 0 Å². The van der Waals surface area contributed by atoms with Crippen molar-refractivity contribution in [2.45, 2.75) is 58.3 Å². The molecule has 0 aliphatic rings. The number of hydrogen-bond acceptors (Lipinski definition) is 1. The van der Waals surface area contributed by atoms with Crippen molar-refractivity contribution < 1.29 is 4.79 Å². The van der Waals surface area contributed by atoms with Gasteiger partial charge in [-0.2, -0.15) is 0 Å². The van der Waals surface area contributed by atoms with Gasteiger partial charge in [0.05, 0.1) is 0 Å². The van der Waals surface area contributed by atoms with Crippen molar-refractivity contribution in [1.82, 2.24) is 0 Å². The van der Waals surface area contributed by atoms with Crippen LogP contribution in [0.5, 0.6) is 0 Å². The van der Waals surface area contributed by atoms with Gasteiger partial charge in [-0.25, -0.2) is 0 Å². The average Bonchev–Trinajstić information content (AvgIpc) is 2.47. The summed E-state index contributed by atoms with van der Waals surface area (Å²) in [5.41, 5.74) is 0.945. The number of para-hydroxylation sites is 1. The summed E-state index contributed by atoms with van der Waals surface area (Å²) >= 11 is 0. The standard InChI is InChI=1S/C17H26NO/c1-2-3-4-5-6-7-8-12-15-18(16-19)17-13-10-9-11-14-17/h9-11,13-14H,2-8,12,15H2,1H3. The molecule has 1 radical (unpaired) electrons. The van der Waals surface area contributed by atoms with Crippen LogP contribution in [0.1, 0.15) is 58.3 Å². The zero-order valence-electron chi connectivity index (χ0n) is 12.1. The molecule has 0 fully saturated rings. The number of nitrogens with zero attached hydrogens (tertiary/aromatic N) is 1. The largest absolute Gasteiger partial charge is 0.316 e. The zero-order valence-corrected chi connectivity index (χ0v) is 12.1. The molecule has 0 aliphatic heterocycles. The van der Waals surface area contributed by atoms with Crippen molar-refractivity contribution in [2.75, 3.05) is 11.4 Å². The van der Waals surface area contributed by atoms with Crippen molar-refractivity contribution in [3.63, 3.8) is 0 Å². The van der Waals surface area contributed by atoms with Gasteiger partial charge >= 0.3 is 6.41 Å². The summed E-state index contributed by atoms with van der Waals surface area (Å²) in [6, 6.07) is 9.77. The summed E-state index contributed by atoms with van der Waals surface area (Å²) in [5, 5.41) is 0. The number of hydrogen-bond donors (Lipinski definition) is 0. The summed E-state index contributed by atoms with van der Waals surface area (Å²) in [5.74, 6) is 0. The lowest BCUT2D eigenvalue weighted by atomic mass is 10.1. The molecule has 0 saturated heterocycles. The molecule has 0 saturated carbocycles. The third-order valence-electron chi connectivity index (χ3n) is 3.41. The number of anilines is 1. The first-order chi connectivity index (χ1) is 9.38. The third kappa shape index (κ3) is 7.00. The van der Waals surface area contributed by atoms with Gasteiger partial charge in [0, 0.05) is 12.2 Å². The molecule has 0 N–H and O–H groups in total. The van der Waals surface area contributed by atoms with Crippen molar-refractivity contribution in [3.05, 3.63) is 30.3 Å². The lowest BCUT2D eigenvalue weighted by molar-refractivity contribution is 0.545. The highest BCUT2D eigenvalue weighted by Gasteiger charge is 2.04. The molecule has 0 unspecified atom stereocenters. The van der Waals surface area contributed by atoms with E-state index < -0.39 is 0 Å². The summed E-state index contributed by atoms with van der Waals surface area (Å²) in [7, 11) is 0. The SMILES string of the molecule is CCCCCCCCCCN([C]=O)c1ccccc1. The first kappa shape index (κ1) is 15.7. The molecule has 1 rings (SSSR count). The second kappa shape index (κ2) is 10.6. The van der Waals surface area contributed by atoms with E-state index in [1.807, 2.05) is 36.7 Å². The molecule has 0 atom stereocenters. The molecule has 0 heterocycles. The third-order valence-corrected chi connectivity index (χ3v) is 3.41. The Morgan fingerprint density at radius 1 is 0.895 bits per heavy atom. The number of rotatable bonds is 11. The predicted molar refractivity (Wildman–Crippen MR) is 82.1 cm³/mol. The first-order valence-electron chi connectivity index (χ1n) is 7.59. The van der Waals surface area contributed by atoms with Crippen molar-refractivity contribution in [1.29, 1.82) is 0 Å². The van der Waals surface area contributed by atoms with Gasteiger partial charge in [0.25, 0.3) is 0 Å². The quantitative estimate of drug-likeness (QED) is 0.417. The molecule has 0 aliphatic carbocycles. The predicted octanol–water partition coefficient (Wildman–Crippen LogP) is 4.70. The first-order valence-corrected chi connectivity index (χ1v) is 7.59. The second-order valence-electron chi connectivity index (χ2n) is 5.05. The van der Waals surface area contributed by atoms with Gasteiger partial charge in [-0.05, 0) is 18.6 Å². The normalized spacial score (nSPS) is 10.4. The fraction of sp³-hybridized carbons (Fsp3) is 0.588. The molecule has 1 amide bonds. The summed E-state index contributed by atoms with van der Waals surface area (Å²) < 4.78 is 0. The fourth-order valence-corrected chi connectivity index (χ4v) is 2.24. The molecule has 19 heavy (non-hydrogen) atoms. The number of carbonyl (C=O) groups excluding carboxylic acids is 1. The lowest BCUT2D eigenvalue weighted by Crippen LogP contribution is -2.22. The highest BCUT2D eigenvalue weighted by molar-refractivity contribution is 5.75. The van der Waals surface area contributed by atoms with E-state index in [9.17, 15) is 4.79 Å². The van der Waals surface area contributed by atoms with Crippen LogP contribution in [0, 0.1) is 0 Å². The van der Waals surface area contributed by atoms with Crippen LogP contribution in [0.4, 0.5) is 5.69 Å².